The van der Waals surface area contributed by atoms with Gasteiger partial charge < -0.3 is 24.4 Å². The zero-order valence-electron chi connectivity index (χ0n) is 31.6. The molecule has 0 amide bonds. The number of carboxylic acid groups (broad SMARTS) is 1. The summed E-state index contributed by atoms with van der Waals surface area (Å²) in [6, 6.07) is 18.2. The molecule has 1 aromatic heterocycles. The number of benzene rings is 5. The number of H-pyrrole nitrogens is 1. The molecular formula is C35H28N8O16S3. The summed E-state index contributed by atoms with van der Waals surface area (Å²) in [5.74, 6) is -1.72. The Balaban J connectivity index is 1.35. The van der Waals surface area contributed by atoms with Gasteiger partial charge in [0.05, 0.1) is 61.7 Å². The van der Waals surface area contributed by atoms with Crippen LogP contribution < -0.4 is 19.8 Å². The van der Waals surface area contributed by atoms with E-state index in [-0.39, 0.29) is 61.7 Å². The molecule has 0 fully saturated rings. The number of hydrogen-bond donors (Lipinski definition) is 6. The highest BCUT2D eigenvalue weighted by atomic mass is 32.2. The topological polar surface area (TPSA) is 329 Å². The first-order valence-corrected chi connectivity index (χ1v) is 19.7. The lowest BCUT2D eigenvalue weighted by atomic mass is 10.1. The third kappa shape index (κ3) is 10.0. The molecule has 0 bridgehead atoms. The smallest absolute Gasteiger partial charge is 0.356 e. The van der Waals surface area contributed by atoms with Crippen LogP contribution in [-0.4, -0.2) is 70.8 Å². The first-order valence-electron chi connectivity index (χ1n) is 16.7. The average Bonchev–Trinajstić information content (AvgIpc) is 3.61. The Hall–Kier alpha value is -6.79. The number of rotatable bonds is 18. The zero-order valence-corrected chi connectivity index (χ0v) is 34.0. The van der Waals surface area contributed by atoms with Crippen LogP contribution in [0.5, 0.6) is 23.0 Å². The number of carbonyl (C=O) groups is 1. The summed E-state index contributed by atoms with van der Waals surface area (Å²) in [5, 5.41) is 73.4. The van der Waals surface area contributed by atoms with Crippen LogP contribution in [0.2, 0.25) is 0 Å². The van der Waals surface area contributed by atoms with Crippen LogP contribution in [0.3, 0.4) is 0 Å². The number of aromatic amines is 1. The molecule has 0 aliphatic rings. The van der Waals surface area contributed by atoms with E-state index in [1.54, 1.807) is 0 Å². The summed E-state index contributed by atoms with van der Waals surface area (Å²) in [6.07, 6.45) is 0. The molecule has 0 spiro atoms. The van der Waals surface area contributed by atoms with Gasteiger partial charge >= 0.3 is 5.97 Å². The van der Waals surface area contributed by atoms with Crippen molar-refractivity contribution >= 4 is 85.1 Å². The number of nitrogens with one attached hydrogen (secondary N) is 1. The van der Waals surface area contributed by atoms with E-state index >= 15 is 0 Å². The minimum atomic E-state index is -4.72. The van der Waals surface area contributed by atoms with E-state index in [0.29, 0.717) is 34.4 Å². The molecule has 6 rings (SSSR count). The second-order valence-corrected chi connectivity index (χ2v) is 14.7. The van der Waals surface area contributed by atoms with Crippen molar-refractivity contribution < 1.29 is 71.4 Å². The normalized spacial score (nSPS) is 12.0. The number of phenols is 1. The third-order valence-corrected chi connectivity index (χ3v) is 10.3. The van der Waals surface area contributed by atoms with Crippen molar-refractivity contribution in [2.24, 2.45) is 30.7 Å². The van der Waals surface area contributed by atoms with Gasteiger partial charge in [0.25, 0.3) is 15.7 Å². The van der Waals surface area contributed by atoms with Crippen molar-refractivity contribution in [3.05, 3.63) is 94.9 Å². The molecule has 24 nitrogen and oxygen atoms in total. The maximum absolute atomic E-state index is 13.3. The Morgan fingerprint density at radius 3 is 1.97 bits per heavy atom. The highest BCUT2D eigenvalue weighted by Crippen LogP contribution is 2.47. The largest absolute Gasteiger partial charge is 0.505 e. The van der Waals surface area contributed by atoms with Crippen LogP contribution in [-0.2, 0) is 28.9 Å². The number of ether oxygens (including phenoxy) is 3. The SMILES string of the molecule is COc1ccc(N=Nc2cc(OC)c(N=Nc3c(SOOO)cc4ccc(N=Nc5c(C(=O)O)[nH]n(-c6ccc(SOOO)cc6)c5=O)cc4c3O)cc2OC)c(S(=O)(=O)O)c1. The van der Waals surface area contributed by atoms with Crippen molar-refractivity contribution in [3.63, 3.8) is 0 Å². The fourth-order valence-corrected chi connectivity index (χ4v) is 6.90. The zero-order chi connectivity index (χ0) is 44.6. The molecule has 0 unspecified atom stereocenters. The molecule has 62 heavy (non-hydrogen) atoms. The molecule has 0 saturated heterocycles. The van der Waals surface area contributed by atoms with Gasteiger partial charge in [0.2, 0.25) is 0 Å². The third-order valence-electron chi connectivity index (χ3n) is 8.24. The van der Waals surface area contributed by atoms with Crippen molar-refractivity contribution in [2.75, 3.05) is 21.3 Å². The van der Waals surface area contributed by atoms with Gasteiger partial charge in [-0.1, -0.05) is 16.1 Å². The van der Waals surface area contributed by atoms with Crippen LogP contribution in [0.4, 0.5) is 34.1 Å². The summed E-state index contributed by atoms with van der Waals surface area (Å²) < 4.78 is 59.6. The van der Waals surface area contributed by atoms with E-state index in [1.165, 1.54) is 94.1 Å². The average molecular weight is 913 g/mol. The number of phenolic OH excluding ortho intramolecular Hbond substituents is 1. The lowest BCUT2D eigenvalue weighted by Gasteiger charge is -2.11. The second kappa shape index (κ2) is 19.7. The van der Waals surface area contributed by atoms with Crippen LogP contribution in [0.25, 0.3) is 16.5 Å². The Kier molecular flexibility index (Phi) is 14.2. The number of carboxylic acids is 1. The Bertz CT molecular complexity index is 2910. The molecule has 5 aromatic carbocycles. The van der Waals surface area contributed by atoms with Gasteiger partial charge in [0.15, 0.2) is 17.1 Å². The highest BCUT2D eigenvalue weighted by molar-refractivity contribution is 7.94. The number of methoxy groups -OCH3 is 3. The molecule has 0 saturated carbocycles. The van der Waals surface area contributed by atoms with E-state index in [2.05, 4.69) is 54.5 Å². The molecule has 0 aliphatic carbocycles. The summed E-state index contributed by atoms with van der Waals surface area (Å²) in [4.78, 5) is 25.4. The molecule has 6 aromatic rings. The maximum atomic E-state index is 13.3. The maximum Gasteiger partial charge on any atom is 0.356 e. The number of aromatic hydroxyl groups is 1. The van der Waals surface area contributed by atoms with E-state index in [1.807, 2.05) is 0 Å². The number of aromatic nitrogens is 2. The van der Waals surface area contributed by atoms with Gasteiger partial charge in [-0.15, -0.1) is 34.2 Å². The number of azo groups is 3. The van der Waals surface area contributed by atoms with E-state index < -0.39 is 43.7 Å². The first-order chi connectivity index (χ1) is 29.8. The van der Waals surface area contributed by atoms with E-state index in [9.17, 15) is 32.8 Å². The minimum Gasteiger partial charge on any atom is -0.505 e. The van der Waals surface area contributed by atoms with Gasteiger partial charge in [-0.2, -0.15) is 13.5 Å². The number of aromatic carboxylic acids is 1. The number of hydrogen-bond acceptors (Lipinski definition) is 22. The van der Waals surface area contributed by atoms with Gasteiger partial charge in [-0.25, -0.2) is 20.0 Å². The monoisotopic (exact) mass is 912 g/mol. The lowest BCUT2D eigenvalue weighted by molar-refractivity contribution is -0.432. The fraction of sp³-hybridized carbons (Fsp3) is 0.0857. The van der Waals surface area contributed by atoms with Crippen molar-refractivity contribution in [1.29, 1.82) is 0 Å². The predicted octanol–water partition coefficient (Wildman–Crippen LogP) is 9.10. The Morgan fingerprint density at radius 1 is 0.726 bits per heavy atom. The van der Waals surface area contributed by atoms with Crippen molar-refractivity contribution in [1.82, 2.24) is 9.78 Å². The molecule has 6 N–H and O–H groups in total. The van der Waals surface area contributed by atoms with Crippen LogP contribution in [0.15, 0.2) is 129 Å². The van der Waals surface area contributed by atoms with Gasteiger partial charge in [0.1, 0.15) is 44.9 Å². The van der Waals surface area contributed by atoms with Crippen molar-refractivity contribution in [2.45, 2.75) is 14.7 Å². The first kappa shape index (κ1) is 44.8. The van der Waals surface area contributed by atoms with Crippen LogP contribution >= 0.6 is 24.1 Å². The molecule has 27 heteroatoms. The van der Waals surface area contributed by atoms with Gasteiger partial charge in [-0.3, -0.25) is 14.4 Å². The number of fused-ring (bicyclic) bond motifs is 1. The molecule has 1 heterocycles. The number of nitrogens with zero attached hydrogens (tertiary/aromatic N) is 7. The second-order valence-electron chi connectivity index (χ2n) is 11.8. The molecule has 0 aliphatic heterocycles. The predicted molar refractivity (Wildman–Crippen MR) is 215 cm³/mol. The molecule has 322 valence electrons. The molecular weight excluding hydrogens is 885 g/mol. The summed E-state index contributed by atoms with van der Waals surface area (Å²) in [6.45, 7) is 0. The van der Waals surface area contributed by atoms with E-state index in [4.69, 9.17) is 24.7 Å². The van der Waals surface area contributed by atoms with Gasteiger partial charge in [-0.05, 0) is 60.0 Å². The Morgan fingerprint density at radius 2 is 1.35 bits per heavy atom. The summed E-state index contributed by atoms with van der Waals surface area (Å²) >= 11 is 1.14. The summed E-state index contributed by atoms with van der Waals surface area (Å²) in [5.41, 5.74) is -2.01. The van der Waals surface area contributed by atoms with Crippen LogP contribution in [0.1, 0.15) is 10.5 Å². The Labute approximate surface area is 355 Å². The standard InChI is InChI=1S/C35H28N8O16S3/c1-53-20-8-11-23(29(14-20)62(50,51)52)37-38-24-15-27(55-3)25(16-26(24)54-2)39-40-30-28(61-59-57-49)12-17-4-5-18(13-22(17)33(30)44)36-41-31-32(35(46)47)42-43(34(31)45)19-6-9-21(10-7-19)60-58-56-48/h4-16,42,44,48-49H,1-3H3,(H,46,47)(H,50,51,52). The highest BCUT2D eigenvalue weighted by Gasteiger charge is 2.22. The van der Waals surface area contributed by atoms with Crippen molar-refractivity contribution in [3.8, 4) is 28.7 Å². The van der Waals surface area contributed by atoms with Crippen LogP contribution in [0, 0.1) is 0 Å². The van der Waals surface area contributed by atoms with Gasteiger partial charge in [0, 0.05) is 28.5 Å². The minimum absolute atomic E-state index is 0.0373. The fourth-order valence-electron chi connectivity index (χ4n) is 5.41. The quantitative estimate of drug-likeness (QED) is 0.0154. The van der Waals surface area contributed by atoms with E-state index in [0.717, 1.165) is 10.7 Å². The molecule has 0 atom stereocenters. The molecule has 0 radical (unpaired) electrons. The summed E-state index contributed by atoms with van der Waals surface area (Å²) in [7, 11) is -0.789. The lowest BCUT2D eigenvalue weighted by Crippen LogP contribution is -2.13.